The van der Waals surface area contributed by atoms with Gasteiger partial charge in [-0.3, -0.25) is 9.78 Å². The van der Waals surface area contributed by atoms with Gasteiger partial charge in [-0.05, 0) is 17.7 Å². The summed E-state index contributed by atoms with van der Waals surface area (Å²) in [5, 5.41) is 8.32. The third-order valence-corrected chi connectivity index (χ3v) is 1.33. The number of aliphatic carboxylic acids is 1. The lowest BCUT2D eigenvalue weighted by Gasteiger charge is -1.92. The van der Waals surface area contributed by atoms with Gasteiger partial charge in [0.2, 0.25) is 0 Å². The van der Waals surface area contributed by atoms with E-state index < -0.39 is 5.97 Å². The van der Waals surface area contributed by atoms with Crippen LogP contribution in [0.1, 0.15) is 15.9 Å². The highest BCUT2D eigenvalue weighted by atomic mass is 16.4. The topological polar surface area (TPSA) is 67.3 Å². The van der Waals surface area contributed by atoms with Crippen LogP contribution in [0.3, 0.4) is 0 Å². The number of aromatic nitrogens is 1. The predicted octanol–water partition coefficient (Wildman–Crippen LogP) is 0.992. The summed E-state index contributed by atoms with van der Waals surface area (Å²) in [6.07, 6.45) is 5.91. The Labute approximate surface area is 74.5 Å². The summed E-state index contributed by atoms with van der Waals surface area (Å²) < 4.78 is 0. The molecule has 0 atom stereocenters. The van der Waals surface area contributed by atoms with Gasteiger partial charge >= 0.3 is 5.97 Å². The number of carbonyl (C=O) groups is 2. The molecule has 13 heavy (non-hydrogen) atoms. The summed E-state index contributed by atoms with van der Waals surface area (Å²) in [5.74, 6) is -1.03. The van der Waals surface area contributed by atoms with Gasteiger partial charge in [0.15, 0.2) is 6.29 Å². The van der Waals surface area contributed by atoms with E-state index in [-0.39, 0.29) is 0 Å². The Morgan fingerprint density at radius 1 is 1.38 bits per heavy atom. The zero-order valence-electron chi connectivity index (χ0n) is 6.68. The standard InChI is InChI=1S/C9H7NO3/c11-6-8-3-7(4-10-5-8)1-2-9(12)13/h1-6H,(H,12,13). The van der Waals surface area contributed by atoms with Crippen molar-refractivity contribution in [1.82, 2.24) is 4.98 Å². The van der Waals surface area contributed by atoms with E-state index in [1.165, 1.54) is 18.5 Å². The second-order valence-corrected chi connectivity index (χ2v) is 2.34. The minimum absolute atomic E-state index is 0.424. The molecule has 0 unspecified atom stereocenters. The maximum absolute atomic E-state index is 10.3. The van der Waals surface area contributed by atoms with Gasteiger partial charge in [-0.1, -0.05) is 0 Å². The van der Waals surface area contributed by atoms with Gasteiger partial charge in [-0.25, -0.2) is 4.79 Å². The van der Waals surface area contributed by atoms with Crippen LogP contribution in [0, 0.1) is 0 Å². The van der Waals surface area contributed by atoms with E-state index in [1.54, 1.807) is 6.07 Å². The molecule has 0 amide bonds. The molecule has 0 aliphatic rings. The van der Waals surface area contributed by atoms with Crippen molar-refractivity contribution in [3.8, 4) is 0 Å². The summed E-state index contributed by atoms with van der Waals surface area (Å²) in [4.78, 5) is 24.2. The number of carboxylic acids is 1. The van der Waals surface area contributed by atoms with Crippen molar-refractivity contribution < 1.29 is 14.7 Å². The van der Waals surface area contributed by atoms with E-state index in [2.05, 4.69) is 4.98 Å². The lowest BCUT2D eigenvalue weighted by Crippen LogP contribution is -1.87. The van der Waals surface area contributed by atoms with E-state index in [0.29, 0.717) is 17.4 Å². The van der Waals surface area contributed by atoms with Crippen LogP contribution < -0.4 is 0 Å². The maximum atomic E-state index is 10.3. The Kier molecular flexibility index (Phi) is 2.92. The van der Waals surface area contributed by atoms with Crippen LogP contribution in [-0.2, 0) is 4.79 Å². The highest BCUT2D eigenvalue weighted by Gasteiger charge is 1.92. The van der Waals surface area contributed by atoms with Crippen LogP contribution in [0.2, 0.25) is 0 Å². The monoisotopic (exact) mass is 177 g/mol. The van der Waals surface area contributed by atoms with Crippen molar-refractivity contribution in [2.45, 2.75) is 0 Å². The third kappa shape index (κ3) is 2.86. The molecule has 0 saturated carbocycles. The first-order chi connectivity index (χ1) is 6.22. The minimum Gasteiger partial charge on any atom is -0.478 e. The molecule has 0 spiro atoms. The molecule has 0 aromatic carbocycles. The van der Waals surface area contributed by atoms with Gasteiger partial charge in [0.25, 0.3) is 0 Å². The summed E-state index contributed by atoms with van der Waals surface area (Å²) in [5.41, 5.74) is 1.01. The summed E-state index contributed by atoms with van der Waals surface area (Å²) in [7, 11) is 0. The van der Waals surface area contributed by atoms with Crippen molar-refractivity contribution in [3.05, 3.63) is 35.7 Å². The smallest absolute Gasteiger partial charge is 0.328 e. The summed E-state index contributed by atoms with van der Waals surface area (Å²) >= 11 is 0. The first-order valence-corrected chi connectivity index (χ1v) is 3.53. The summed E-state index contributed by atoms with van der Waals surface area (Å²) in [6, 6.07) is 1.56. The Morgan fingerprint density at radius 3 is 2.69 bits per heavy atom. The Bertz CT molecular complexity index is 358. The summed E-state index contributed by atoms with van der Waals surface area (Å²) in [6.45, 7) is 0. The zero-order chi connectivity index (χ0) is 9.68. The van der Waals surface area contributed by atoms with Crippen LogP contribution >= 0.6 is 0 Å². The molecule has 1 N–H and O–H groups in total. The van der Waals surface area contributed by atoms with Crippen molar-refractivity contribution in [3.63, 3.8) is 0 Å². The molecule has 66 valence electrons. The number of carbonyl (C=O) groups excluding carboxylic acids is 1. The molecular weight excluding hydrogens is 170 g/mol. The van der Waals surface area contributed by atoms with Crippen LogP contribution in [0.25, 0.3) is 6.08 Å². The molecule has 0 bridgehead atoms. The fourth-order valence-electron chi connectivity index (χ4n) is 0.799. The molecule has 0 saturated heterocycles. The normalized spacial score (nSPS) is 10.2. The number of pyridine rings is 1. The Hall–Kier alpha value is -1.97. The fourth-order valence-corrected chi connectivity index (χ4v) is 0.799. The quantitative estimate of drug-likeness (QED) is 0.552. The number of rotatable bonds is 3. The van der Waals surface area contributed by atoms with E-state index in [1.807, 2.05) is 0 Å². The first-order valence-electron chi connectivity index (χ1n) is 3.53. The average molecular weight is 177 g/mol. The van der Waals surface area contributed by atoms with Gasteiger partial charge < -0.3 is 5.11 Å². The second kappa shape index (κ2) is 4.15. The highest BCUT2D eigenvalue weighted by molar-refractivity contribution is 5.85. The molecule has 0 aliphatic heterocycles. The molecular formula is C9H7NO3. The van der Waals surface area contributed by atoms with E-state index >= 15 is 0 Å². The van der Waals surface area contributed by atoms with Gasteiger partial charge in [-0.15, -0.1) is 0 Å². The van der Waals surface area contributed by atoms with E-state index in [9.17, 15) is 9.59 Å². The van der Waals surface area contributed by atoms with Crippen LogP contribution in [0.5, 0.6) is 0 Å². The lowest BCUT2D eigenvalue weighted by molar-refractivity contribution is -0.131. The van der Waals surface area contributed by atoms with Crippen LogP contribution in [0.15, 0.2) is 24.5 Å². The van der Waals surface area contributed by atoms with Crippen LogP contribution in [-0.4, -0.2) is 22.3 Å². The zero-order valence-corrected chi connectivity index (χ0v) is 6.68. The Balaban J connectivity index is 2.89. The van der Waals surface area contributed by atoms with Crippen LogP contribution in [0.4, 0.5) is 0 Å². The van der Waals surface area contributed by atoms with Crippen molar-refractivity contribution >= 4 is 18.3 Å². The maximum Gasteiger partial charge on any atom is 0.328 e. The predicted molar refractivity (Wildman–Crippen MR) is 46.3 cm³/mol. The van der Waals surface area contributed by atoms with E-state index in [0.717, 1.165) is 6.08 Å². The van der Waals surface area contributed by atoms with E-state index in [4.69, 9.17) is 5.11 Å². The molecule has 4 nitrogen and oxygen atoms in total. The minimum atomic E-state index is -1.03. The van der Waals surface area contributed by atoms with Crippen molar-refractivity contribution in [2.75, 3.05) is 0 Å². The molecule has 0 aliphatic carbocycles. The third-order valence-electron chi connectivity index (χ3n) is 1.33. The largest absolute Gasteiger partial charge is 0.478 e. The molecule has 1 rings (SSSR count). The van der Waals surface area contributed by atoms with Crippen molar-refractivity contribution in [2.24, 2.45) is 0 Å². The SMILES string of the molecule is O=Cc1cncc(C=CC(=O)O)c1. The second-order valence-electron chi connectivity index (χ2n) is 2.34. The highest BCUT2D eigenvalue weighted by Crippen LogP contribution is 2.02. The van der Waals surface area contributed by atoms with Gasteiger partial charge in [0.1, 0.15) is 0 Å². The molecule has 1 aromatic rings. The number of aldehydes is 1. The van der Waals surface area contributed by atoms with Gasteiger partial charge in [-0.2, -0.15) is 0 Å². The molecule has 0 fully saturated rings. The molecule has 1 aromatic heterocycles. The molecule has 4 heteroatoms. The molecule has 0 radical (unpaired) electrons. The van der Waals surface area contributed by atoms with Gasteiger partial charge in [0, 0.05) is 24.0 Å². The van der Waals surface area contributed by atoms with Crippen molar-refractivity contribution in [1.29, 1.82) is 0 Å². The first kappa shape index (κ1) is 9.12. The number of nitrogens with zero attached hydrogens (tertiary/aromatic N) is 1. The lowest BCUT2D eigenvalue weighted by atomic mass is 10.2. The van der Waals surface area contributed by atoms with Gasteiger partial charge in [0.05, 0.1) is 0 Å². The number of hydrogen-bond donors (Lipinski definition) is 1. The molecule has 1 heterocycles. The Morgan fingerprint density at radius 2 is 2.08 bits per heavy atom. The average Bonchev–Trinajstić information content (AvgIpc) is 2.15. The number of carboxylic acid groups (broad SMARTS) is 1. The fraction of sp³-hybridized carbons (Fsp3) is 0. The number of hydrogen-bond acceptors (Lipinski definition) is 3.